The molecule has 0 saturated carbocycles. The van der Waals surface area contributed by atoms with Gasteiger partial charge >= 0.3 is 0 Å². The lowest BCUT2D eigenvalue weighted by Gasteiger charge is -2.03. The van der Waals surface area contributed by atoms with Crippen LogP contribution < -0.4 is 0 Å². The highest BCUT2D eigenvalue weighted by molar-refractivity contribution is 6.17. The van der Waals surface area contributed by atoms with Crippen LogP contribution in [0.4, 0.5) is 4.39 Å². The molecule has 0 aromatic heterocycles. The third-order valence-corrected chi connectivity index (χ3v) is 1.88. The summed E-state index contributed by atoms with van der Waals surface area (Å²) in [5.41, 5.74) is 0.650. The molecule has 1 nitrogen and oxygen atoms in total. The van der Waals surface area contributed by atoms with Crippen molar-refractivity contribution >= 4 is 17.4 Å². The molecule has 0 unspecified atom stereocenters. The first-order valence-electron chi connectivity index (χ1n) is 3.51. The summed E-state index contributed by atoms with van der Waals surface area (Å²) in [6, 6.07) is 4.44. The molecule has 64 valence electrons. The highest BCUT2D eigenvalue weighted by Crippen LogP contribution is 2.15. The molecule has 0 radical (unpaired) electrons. The molecular weight excluding hydrogens is 179 g/mol. The van der Waals surface area contributed by atoms with Crippen LogP contribution in [0.25, 0.3) is 0 Å². The van der Waals surface area contributed by atoms with Crippen molar-refractivity contribution in [3.05, 3.63) is 35.1 Å². The van der Waals surface area contributed by atoms with Crippen molar-refractivity contribution < 1.29 is 9.18 Å². The van der Waals surface area contributed by atoms with Crippen LogP contribution in [0, 0.1) is 5.82 Å². The van der Waals surface area contributed by atoms with E-state index >= 15 is 0 Å². The van der Waals surface area contributed by atoms with Gasteiger partial charge in [0, 0.05) is 5.88 Å². The molecule has 0 fully saturated rings. The molecule has 0 saturated heterocycles. The molecule has 1 aromatic carbocycles. The van der Waals surface area contributed by atoms with Gasteiger partial charge in [0.2, 0.25) is 0 Å². The Morgan fingerprint density at radius 3 is 2.67 bits per heavy atom. The molecule has 12 heavy (non-hydrogen) atoms. The Labute approximate surface area is 75.2 Å². The molecule has 0 bridgehead atoms. The first-order chi connectivity index (χ1) is 5.66. The van der Waals surface area contributed by atoms with Crippen LogP contribution in [-0.4, -0.2) is 5.78 Å². The van der Waals surface area contributed by atoms with Crippen molar-refractivity contribution in [3.63, 3.8) is 0 Å². The predicted octanol–water partition coefficient (Wildman–Crippen LogP) is 2.77. The summed E-state index contributed by atoms with van der Waals surface area (Å²) >= 11 is 5.53. The summed E-state index contributed by atoms with van der Waals surface area (Å²) in [4.78, 5) is 10.9. The standard InChI is InChI=1S/C9H8ClFO/c1-6(12)9-7(5-10)3-2-4-8(9)11/h2-4H,5H2,1H3. The van der Waals surface area contributed by atoms with E-state index < -0.39 is 5.82 Å². The fourth-order valence-corrected chi connectivity index (χ4v) is 1.30. The molecule has 0 amide bonds. The molecular formula is C9H8ClFO. The van der Waals surface area contributed by atoms with Gasteiger partial charge in [0.25, 0.3) is 0 Å². The van der Waals surface area contributed by atoms with E-state index in [9.17, 15) is 9.18 Å². The second-order valence-corrected chi connectivity index (χ2v) is 2.73. The van der Waals surface area contributed by atoms with Gasteiger partial charge in [0.05, 0.1) is 5.56 Å². The lowest BCUT2D eigenvalue weighted by molar-refractivity contribution is 0.101. The van der Waals surface area contributed by atoms with Gasteiger partial charge in [0.1, 0.15) is 5.82 Å². The summed E-state index contributed by atoms with van der Waals surface area (Å²) in [6.45, 7) is 1.33. The van der Waals surface area contributed by atoms with Crippen molar-refractivity contribution in [1.82, 2.24) is 0 Å². The molecule has 0 N–H and O–H groups in total. The van der Waals surface area contributed by atoms with Gasteiger partial charge in [-0.05, 0) is 18.6 Å². The number of rotatable bonds is 2. The number of carbonyl (C=O) groups is 1. The third-order valence-electron chi connectivity index (χ3n) is 1.60. The van der Waals surface area contributed by atoms with E-state index in [0.717, 1.165) is 0 Å². The van der Waals surface area contributed by atoms with Gasteiger partial charge < -0.3 is 0 Å². The Balaban J connectivity index is 3.29. The molecule has 0 heterocycles. The Kier molecular flexibility index (Phi) is 2.82. The number of halogens is 2. The molecule has 0 aliphatic rings. The van der Waals surface area contributed by atoms with Crippen LogP contribution in [-0.2, 0) is 5.88 Å². The van der Waals surface area contributed by atoms with E-state index in [-0.39, 0.29) is 17.2 Å². The number of Topliss-reactive ketones (excluding diaryl/α,β-unsaturated/α-hetero) is 1. The van der Waals surface area contributed by atoms with Gasteiger partial charge in [-0.3, -0.25) is 4.79 Å². The minimum Gasteiger partial charge on any atom is -0.294 e. The Morgan fingerprint density at radius 1 is 1.58 bits per heavy atom. The van der Waals surface area contributed by atoms with E-state index in [1.54, 1.807) is 12.1 Å². The van der Waals surface area contributed by atoms with E-state index in [0.29, 0.717) is 5.56 Å². The van der Waals surface area contributed by atoms with Crippen LogP contribution in [0.1, 0.15) is 22.8 Å². The normalized spacial score (nSPS) is 9.92. The first kappa shape index (κ1) is 9.20. The average Bonchev–Trinajstić information content (AvgIpc) is 2.03. The molecule has 1 rings (SSSR count). The third kappa shape index (κ3) is 1.64. The minimum absolute atomic E-state index is 0.104. The Bertz CT molecular complexity index is 309. The minimum atomic E-state index is -0.499. The molecule has 3 heteroatoms. The maximum atomic E-state index is 13.0. The topological polar surface area (TPSA) is 17.1 Å². The monoisotopic (exact) mass is 186 g/mol. The average molecular weight is 187 g/mol. The van der Waals surface area contributed by atoms with Crippen LogP contribution >= 0.6 is 11.6 Å². The zero-order valence-electron chi connectivity index (χ0n) is 6.60. The summed E-state index contributed by atoms with van der Waals surface area (Å²) in [5, 5.41) is 0. The summed E-state index contributed by atoms with van der Waals surface area (Å²) < 4.78 is 13.0. The molecule has 0 aliphatic heterocycles. The SMILES string of the molecule is CC(=O)c1c(F)cccc1CCl. The number of hydrogen-bond acceptors (Lipinski definition) is 1. The van der Waals surface area contributed by atoms with E-state index in [1.165, 1.54) is 13.0 Å². The molecule has 0 spiro atoms. The van der Waals surface area contributed by atoms with Crippen LogP contribution in [0.2, 0.25) is 0 Å². The number of ketones is 1. The largest absolute Gasteiger partial charge is 0.294 e. The van der Waals surface area contributed by atoms with Crippen molar-refractivity contribution in [2.24, 2.45) is 0 Å². The highest BCUT2D eigenvalue weighted by Gasteiger charge is 2.11. The number of carbonyl (C=O) groups excluding carboxylic acids is 1. The lowest BCUT2D eigenvalue weighted by atomic mass is 10.1. The maximum Gasteiger partial charge on any atom is 0.163 e. The predicted molar refractivity (Wildman–Crippen MR) is 46.0 cm³/mol. The van der Waals surface area contributed by atoms with Crippen LogP contribution in [0.15, 0.2) is 18.2 Å². The van der Waals surface area contributed by atoms with E-state index in [1.807, 2.05) is 0 Å². The quantitative estimate of drug-likeness (QED) is 0.513. The molecule has 0 aliphatic carbocycles. The zero-order chi connectivity index (χ0) is 9.14. The van der Waals surface area contributed by atoms with Crippen molar-refractivity contribution in [2.75, 3.05) is 0 Å². The molecule has 0 atom stereocenters. The van der Waals surface area contributed by atoms with E-state index in [4.69, 9.17) is 11.6 Å². The second-order valence-electron chi connectivity index (χ2n) is 2.46. The smallest absolute Gasteiger partial charge is 0.163 e. The zero-order valence-corrected chi connectivity index (χ0v) is 7.36. The van der Waals surface area contributed by atoms with Crippen molar-refractivity contribution in [3.8, 4) is 0 Å². The number of alkyl halides is 1. The Morgan fingerprint density at radius 2 is 2.25 bits per heavy atom. The highest BCUT2D eigenvalue weighted by atomic mass is 35.5. The van der Waals surface area contributed by atoms with Crippen LogP contribution in [0.3, 0.4) is 0 Å². The maximum absolute atomic E-state index is 13.0. The summed E-state index contributed by atoms with van der Waals surface area (Å²) in [7, 11) is 0. The Hall–Kier alpha value is -0.890. The lowest BCUT2D eigenvalue weighted by Crippen LogP contribution is -2.01. The van der Waals surface area contributed by atoms with Crippen molar-refractivity contribution in [1.29, 1.82) is 0 Å². The number of benzene rings is 1. The fraction of sp³-hybridized carbons (Fsp3) is 0.222. The van der Waals surface area contributed by atoms with Gasteiger partial charge in [-0.1, -0.05) is 12.1 Å². The van der Waals surface area contributed by atoms with Gasteiger partial charge in [-0.2, -0.15) is 0 Å². The second kappa shape index (κ2) is 3.68. The van der Waals surface area contributed by atoms with Gasteiger partial charge in [-0.25, -0.2) is 4.39 Å². The fourth-order valence-electron chi connectivity index (χ4n) is 1.07. The van der Waals surface area contributed by atoms with Gasteiger partial charge in [-0.15, -0.1) is 11.6 Å². The van der Waals surface area contributed by atoms with Gasteiger partial charge in [0.15, 0.2) is 5.78 Å². The van der Waals surface area contributed by atoms with E-state index in [2.05, 4.69) is 0 Å². The van der Waals surface area contributed by atoms with Crippen LogP contribution in [0.5, 0.6) is 0 Å². The molecule has 1 aromatic rings. The summed E-state index contributed by atoms with van der Waals surface area (Å²) in [5.74, 6) is -0.628. The summed E-state index contributed by atoms with van der Waals surface area (Å²) in [6.07, 6.45) is 0. The number of hydrogen-bond donors (Lipinski definition) is 0. The van der Waals surface area contributed by atoms with Crippen molar-refractivity contribution in [2.45, 2.75) is 12.8 Å². The first-order valence-corrected chi connectivity index (χ1v) is 4.04.